The van der Waals surface area contributed by atoms with Crippen molar-refractivity contribution in [3.63, 3.8) is 0 Å². The summed E-state index contributed by atoms with van der Waals surface area (Å²) in [7, 11) is 0. The van der Waals surface area contributed by atoms with Crippen LogP contribution in [0.25, 0.3) is 0 Å². The van der Waals surface area contributed by atoms with Gasteiger partial charge in [-0.15, -0.1) is 0 Å². The molecule has 0 atom stereocenters. The predicted octanol–water partition coefficient (Wildman–Crippen LogP) is 1.72. The molecule has 1 aliphatic rings. The molecule has 1 aromatic rings. The highest BCUT2D eigenvalue weighted by molar-refractivity contribution is 5.99. The number of esters is 1. The van der Waals surface area contributed by atoms with Gasteiger partial charge in [-0.25, -0.2) is 4.79 Å². The van der Waals surface area contributed by atoms with Gasteiger partial charge in [-0.05, 0) is 51.0 Å². The SMILES string of the molecule is CC(C)(C)OC(=O)CN1CCc2cc(C(=O)O)ccc2C1=O. The van der Waals surface area contributed by atoms with Crippen LogP contribution >= 0.6 is 0 Å². The van der Waals surface area contributed by atoms with Gasteiger partial charge in [-0.1, -0.05) is 0 Å². The molecule has 6 nitrogen and oxygen atoms in total. The van der Waals surface area contributed by atoms with Gasteiger partial charge in [0.15, 0.2) is 0 Å². The van der Waals surface area contributed by atoms with Gasteiger partial charge in [-0.2, -0.15) is 0 Å². The summed E-state index contributed by atoms with van der Waals surface area (Å²) in [6.07, 6.45) is 0.519. The summed E-state index contributed by atoms with van der Waals surface area (Å²) in [6, 6.07) is 4.42. The van der Waals surface area contributed by atoms with Gasteiger partial charge in [0.25, 0.3) is 5.91 Å². The van der Waals surface area contributed by atoms with Crippen molar-refractivity contribution in [1.82, 2.24) is 4.90 Å². The first-order valence-electron chi connectivity index (χ1n) is 7.05. The minimum absolute atomic E-state index is 0.101. The van der Waals surface area contributed by atoms with Crippen LogP contribution in [0.15, 0.2) is 18.2 Å². The van der Waals surface area contributed by atoms with Gasteiger partial charge in [-0.3, -0.25) is 9.59 Å². The van der Waals surface area contributed by atoms with Crippen LogP contribution in [0.1, 0.15) is 47.1 Å². The second-order valence-corrected chi connectivity index (χ2v) is 6.24. The van der Waals surface area contributed by atoms with Gasteiger partial charge in [0.1, 0.15) is 12.1 Å². The van der Waals surface area contributed by atoms with Gasteiger partial charge >= 0.3 is 11.9 Å². The Kier molecular flexibility index (Phi) is 4.21. The van der Waals surface area contributed by atoms with E-state index in [1.807, 2.05) is 0 Å². The van der Waals surface area contributed by atoms with Crippen molar-refractivity contribution in [2.45, 2.75) is 32.8 Å². The Morgan fingerprint density at radius 2 is 2.00 bits per heavy atom. The number of carboxylic acids is 1. The largest absolute Gasteiger partial charge is 0.478 e. The Balaban J connectivity index is 2.12. The Bertz CT molecular complexity index is 630. The molecule has 0 saturated heterocycles. The van der Waals surface area contributed by atoms with E-state index in [0.29, 0.717) is 24.1 Å². The summed E-state index contributed by atoms with van der Waals surface area (Å²) in [5.74, 6) is -1.75. The zero-order valence-electron chi connectivity index (χ0n) is 12.9. The minimum Gasteiger partial charge on any atom is -0.478 e. The third-order valence-electron chi connectivity index (χ3n) is 3.26. The molecule has 2 rings (SSSR count). The molecule has 6 heteroatoms. The van der Waals surface area contributed by atoms with Gasteiger partial charge in [0, 0.05) is 12.1 Å². The van der Waals surface area contributed by atoms with E-state index in [0.717, 1.165) is 0 Å². The molecule has 0 fully saturated rings. The Hall–Kier alpha value is -2.37. The number of carboxylic acid groups (broad SMARTS) is 1. The van der Waals surface area contributed by atoms with Crippen LogP contribution in [0.5, 0.6) is 0 Å². The average Bonchev–Trinajstić information content (AvgIpc) is 2.39. The highest BCUT2D eigenvalue weighted by Crippen LogP contribution is 2.21. The molecular formula is C16H19NO5. The van der Waals surface area contributed by atoms with Crippen LogP contribution in [0.3, 0.4) is 0 Å². The highest BCUT2D eigenvalue weighted by Gasteiger charge is 2.28. The van der Waals surface area contributed by atoms with Crippen molar-refractivity contribution >= 4 is 17.8 Å². The second kappa shape index (κ2) is 5.79. The molecule has 0 saturated carbocycles. The van der Waals surface area contributed by atoms with E-state index in [2.05, 4.69) is 0 Å². The summed E-state index contributed by atoms with van der Waals surface area (Å²) < 4.78 is 5.22. The van der Waals surface area contributed by atoms with E-state index in [4.69, 9.17) is 9.84 Å². The Morgan fingerprint density at radius 3 is 2.59 bits per heavy atom. The van der Waals surface area contributed by atoms with Gasteiger partial charge < -0.3 is 14.7 Å². The van der Waals surface area contributed by atoms with E-state index in [9.17, 15) is 14.4 Å². The number of benzene rings is 1. The molecule has 1 N–H and O–H groups in total. The number of aromatic carboxylic acids is 1. The number of amides is 1. The lowest BCUT2D eigenvalue weighted by Gasteiger charge is -2.29. The zero-order valence-corrected chi connectivity index (χ0v) is 12.9. The quantitative estimate of drug-likeness (QED) is 0.860. The number of carbonyl (C=O) groups excluding carboxylic acids is 2. The second-order valence-electron chi connectivity index (χ2n) is 6.24. The number of hydrogen-bond acceptors (Lipinski definition) is 4. The number of fused-ring (bicyclic) bond motifs is 1. The Labute approximate surface area is 128 Å². The lowest BCUT2D eigenvalue weighted by molar-refractivity contribution is -0.155. The van der Waals surface area contributed by atoms with Gasteiger partial charge in [0.2, 0.25) is 0 Å². The summed E-state index contributed by atoms with van der Waals surface area (Å²) in [5.41, 5.74) is 0.710. The molecule has 1 aliphatic heterocycles. The van der Waals surface area contributed by atoms with E-state index in [1.165, 1.54) is 23.1 Å². The molecule has 0 bridgehead atoms. The van der Waals surface area contributed by atoms with E-state index in [1.54, 1.807) is 20.8 Å². The fourth-order valence-electron chi connectivity index (χ4n) is 2.35. The fourth-order valence-corrected chi connectivity index (χ4v) is 2.35. The number of hydrogen-bond donors (Lipinski definition) is 1. The molecule has 0 aliphatic carbocycles. The molecular weight excluding hydrogens is 286 g/mol. The number of nitrogens with zero attached hydrogens (tertiary/aromatic N) is 1. The van der Waals surface area contributed by atoms with Crippen molar-refractivity contribution in [3.05, 3.63) is 34.9 Å². The van der Waals surface area contributed by atoms with E-state index < -0.39 is 17.5 Å². The van der Waals surface area contributed by atoms with Gasteiger partial charge in [0.05, 0.1) is 5.56 Å². The third kappa shape index (κ3) is 3.63. The Morgan fingerprint density at radius 1 is 1.32 bits per heavy atom. The lowest BCUT2D eigenvalue weighted by Crippen LogP contribution is -2.42. The molecule has 0 unspecified atom stereocenters. The summed E-state index contributed by atoms with van der Waals surface area (Å²) >= 11 is 0. The maximum absolute atomic E-state index is 12.4. The number of ether oxygens (including phenoxy) is 1. The smallest absolute Gasteiger partial charge is 0.335 e. The number of rotatable bonds is 3. The first-order valence-corrected chi connectivity index (χ1v) is 7.05. The highest BCUT2D eigenvalue weighted by atomic mass is 16.6. The summed E-state index contributed by atoms with van der Waals surface area (Å²) in [4.78, 5) is 36.6. The topological polar surface area (TPSA) is 83.9 Å². The van der Waals surface area contributed by atoms with Crippen molar-refractivity contribution < 1.29 is 24.2 Å². The van der Waals surface area contributed by atoms with Crippen LogP contribution in [0, 0.1) is 0 Å². The van der Waals surface area contributed by atoms with Crippen LogP contribution in [0.2, 0.25) is 0 Å². The van der Waals surface area contributed by atoms with Crippen LogP contribution < -0.4 is 0 Å². The zero-order chi connectivity index (χ0) is 16.5. The van der Waals surface area contributed by atoms with Crippen molar-refractivity contribution in [1.29, 1.82) is 0 Å². The summed E-state index contributed by atoms with van der Waals surface area (Å²) in [5, 5.41) is 8.97. The van der Waals surface area contributed by atoms with Crippen molar-refractivity contribution in [2.75, 3.05) is 13.1 Å². The molecule has 0 spiro atoms. The maximum Gasteiger partial charge on any atom is 0.335 e. The lowest BCUT2D eigenvalue weighted by atomic mass is 9.96. The van der Waals surface area contributed by atoms with Crippen molar-refractivity contribution in [3.8, 4) is 0 Å². The summed E-state index contributed by atoms with van der Waals surface area (Å²) in [6.45, 7) is 5.58. The maximum atomic E-state index is 12.4. The first-order chi connectivity index (χ1) is 10.2. The van der Waals surface area contributed by atoms with E-state index >= 15 is 0 Å². The minimum atomic E-state index is -1.02. The molecule has 0 aromatic heterocycles. The molecule has 22 heavy (non-hydrogen) atoms. The molecule has 0 radical (unpaired) electrons. The number of carbonyl (C=O) groups is 3. The third-order valence-corrected chi connectivity index (χ3v) is 3.26. The monoisotopic (exact) mass is 305 g/mol. The molecule has 118 valence electrons. The normalized spacial score (nSPS) is 14.5. The molecule has 1 amide bonds. The fraction of sp³-hybridized carbons (Fsp3) is 0.438. The van der Waals surface area contributed by atoms with Crippen LogP contribution in [-0.4, -0.2) is 46.5 Å². The van der Waals surface area contributed by atoms with Crippen LogP contribution in [-0.2, 0) is 16.0 Å². The van der Waals surface area contributed by atoms with Crippen molar-refractivity contribution in [2.24, 2.45) is 0 Å². The molecule has 1 heterocycles. The standard InChI is InChI=1S/C16H19NO5/c1-16(2,3)22-13(18)9-17-7-6-10-8-11(15(20)21)4-5-12(10)14(17)19/h4-5,8H,6-7,9H2,1-3H3,(H,20,21). The molecule has 1 aromatic carbocycles. The van der Waals surface area contributed by atoms with Crippen LogP contribution in [0.4, 0.5) is 0 Å². The average molecular weight is 305 g/mol. The first kappa shape index (κ1) is 16.0. The van der Waals surface area contributed by atoms with E-state index in [-0.39, 0.29) is 18.0 Å². The predicted molar refractivity (Wildman–Crippen MR) is 78.9 cm³/mol.